The molecule has 1 aliphatic heterocycles. The molecule has 0 aromatic heterocycles. The molecular weight excluding hydrogens is 244 g/mol. The lowest BCUT2D eigenvalue weighted by molar-refractivity contribution is 0.343. The quantitative estimate of drug-likeness (QED) is 0.747. The second kappa shape index (κ2) is 4.97. The van der Waals surface area contributed by atoms with E-state index in [9.17, 15) is 0 Å². The molecule has 0 aliphatic carbocycles. The highest BCUT2D eigenvalue weighted by Gasteiger charge is 2.27. The monoisotopic (exact) mass is 266 g/mol. The molecular formula is C19H22O. The Morgan fingerprint density at radius 1 is 1.05 bits per heavy atom. The Morgan fingerprint density at radius 2 is 1.75 bits per heavy atom. The summed E-state index contributed by atoms with van der Waals surface area (Å²) >= 11 is 0. The van der Waals surface area contributed by atoms with Gasteiger partial charge in [-0.2, -0.15) is 0 Å². The van der Waals surface area contributed by atoms with E-state index in [1.54, 1.807) is 0 Å². The van der Waals surface area contributed by atoms with Crippen LogP contribution < -0.4 is 4.74 Å². The summed E-state index contributed by atoms with van der Waals surface area (Å²) in [6, 6.07) is 13.4. The normalized spacial score (nSPS) is 17.1. The third kappa shape index (κ3) is 2.22. The van der Waals surface area contributed by atoms with E-state index in [0.717, 1.165) is 12.4 Å². The lowest BCUT2D eigenvalue weighted by atomic mass is 9.88. The van der Waals surface area contributed by atoms with Gasteiger partial charge in [0.15, 0.2) is 0 Å². The van der Waals surface area contributed by atoms with Crippen LogP contribution in [0.1, 0.15) is 53.5 Å². The highest BCUT2D eigenvalue weighted by atomic mass is 16.5. The van der Waals surface area contributed by atoms with Gasteiger partial charge < -0.3 is 4.74 Å². The smallest absolute Gasteiger partial charge is 0.123 e. The molecule has 3 rings (SSSR count). The Hall–Kier alpha value is -1.76. The van der Waals surface area contributed by atoms with Gasteiger partial charge in [-0.25, -0.2) is 0 Å². The minimum Gasteiger partial charge on any atom is -0.492 e. The summed E-state index contributed by atoms with van der Waals surface area (Å²) in [6.07, 6.45) is 0. The van der Waals surface area contributed by atoms with Crippen LogP contribution in [-0.2, 0) is 0 Å². The molecule has 1 heterocycles. The Morgan fingerprint density at radius 3 is 2.40 bits per heavy atom. The number of benzene rings is 2. The van der Waals surface area contributed by atoms with Crippen molar-refractivity contribution in [2.45, 2.75) is 39.5 Å². The number of aryl methyl sites for hydroxylation is 2. The van der Waals surface area contributed by atoms with Crippen molar-refractivity contribution < 1.29 is 4.74 Å². The third-order valence-corrected chi connectivity index (χ3v) is 4.25. The van der Waals surface area contributed by atoms with Crippen molar-refractivity contribution in [2.24, 2.45) is 0 Å². The molecule has 0 radical (unpaired) electrons. The van der Waals surface area contributed by atoms with Crippen molar-refractivity contribution in [1.82, 2.24) is 0 Å². The van der Waals surface area contributed by atoms with E-state index < -0.39 is 0 Å². The van der Waals surface area contributed by atoms with Gasteiger partial charge in [-0.15, -0.1) is 0 Å². The summed E-state index contributed by atoms with van der Waals surface area (Å²) in [5.74, 6) is 2.03. The van der Waals surface area contributed by atoms with E-state index in [4.69, 9.17) is 4.74 Å². The molecule has 2 aromatic carbocycles. The van der Waals surface area contributed by atoms with Gasteiger partial charge in [0.2, 0.25) is 0 Å². The van der Waals surface area contributed by atoms with Crippen molar-refractivity contribution in [1.29, 1.82) is 0 Å². The molecule has 1 heteroatoms. The van der Waals surface area contributed by atoms with Crippen LogP contribution in [0.15, 0.2) is 36.4 Å². The molecule has 0 saturated carbocycles. The van der Waals surface area contributed by atoms with Crippen molar-refractivity contribution in [3.63, 3.8) is 0 Å². The van der Waals surface area contributed by atoms with Crippen LogP contribution in [0.25, 0.3) is 0 Å². The number of rotatable bonds is 2. The average molecular weight is 266 g/mol. The fourth-order valence-corrected chi connectivity index (χ4v) is 3.14. The zero-order valence-corrected chi connectivity index (χ0v) is 12.7. The van der Waals surface area contributed by atoms with Crippen molar-refractivity contribution in [3.8, 4) is 5.75 Å². The third-order valence-electron chi connectivity index (χ3n) is 4.25. The van der Waals surface area contributed by atoms with Crippen molar-refractivity contribution >= 4 is 0 Å². The highest BCUT2D eigenvalue weighted by Crippen LogP contribution is 2.41. The molecule has 0 fully saturated rings. The van der Waals surface area contributed by atoms with E-state index in [2.05, 4.69) is 64.1 Å². The molecule has 1 atom stereocenters. The molecule has 2 aromatic rings. The van der Waals surface area contributed by atoms with Crippen LogP contribution in [0.2, 0.25) is 0 Å². The summed E-state index contributed by atoms with van der Waals surface area (Å²) in [5, 5.41) is 0. The predicted molar refractivity (Wildman–Crippen MR) is 83.8 cm³/mol. The van der Waals surface area contributed by atoms with Gasteiger partial charge in [-0.05, 0) is 48.1 Å². The SMILES string of the molecule is Cc1cc(C)c2c(c1)OC[C@@H]2c1ccc(C(C)C)cc1. The van der Waals surface area contributed by atoms with Crippen LogP contribution in [0, 0.1) is 13.8 Å². The molecule has 1 aliphatic rings. The van der Waals surface area contributed by atoms with Crippen LogP contribution in [0.3, 0.4) is 0 Å². The fraction of sp³-hybridized carbons (Fsp3) is 0.368. The zero-order chi connectivity index (χ0) is 14.3. The average Bonchev–Trinajstić information content (AvgIpc) is 2.82. The van der Waals surface area contributed by atoms with Gasteiger partial charge in [0, 0.05) is 11.5 Å². The topological polar surface area (TPSA) is 9.23 Å². The first kappa shape index (κ1) is 13.2. The van der Waals surface area contributed by atoms with E-state index in [0.29, 0.717) is 11.8 Å². The first-order valence-electron chi connectivity index (χ1n) is 7.40. The van der Waals surface area contributed by atoms with Gasteiger partial charge >= 0.3 is 0 Å². The summed E-state index contributed by atoms with van der Waals surface area (Å²) < 4.78 is 5.90. The Kier molecular flexibility index (Phi) is 3.29. The van der Waals surface area contributed by atoms with Gasteiger partial charge in [-0.1, -0.05) is 44.2 Å². The minimum atomic E-state index is 0.381. The number of hydrogen-bond donors (Lipinski definition) is 0. The molecule has 0 bridgehead atoms. The molecule has 0 spiro atoms. The van der Waals surface area contributed by atoms with Gasteiger partial charge in [-0.3, -0.25) is 0 Å². The minimum absolute atomic E-state index is 0.381. The van der Waals surface area contributed by atoms with Crippen LogP contribution in [0.5, 0.6) is 5.75 Å². The first-order valence-corrected chi connectivity index (χ1v) is 7.40. The molecule has 0 N–H and O–H groups in total. The Labute approximate surface area is 121 Å². The number of fused-ring (bicyclic) bond motifs is 1. The second-order valence-electron chi connectivity index (χ2n) is 6.18. The maximum Gasteiger partial charge on any atom is 0.123 e. The van der Waals surface area contributed by atoms with Gasteiger partial charge in [0.1, 0.15) is 5.75 Å². The predicted octanol–water partition coefficient (Wildman–Crippen LogP) is 4.95. The molecule has 0 unspecified atom stereocenters. The lowest BCUT2D eigenvalue weighted by Gasteiger charge is -2.14. The zero-order valence-electron chi connectivity index (χ0n) is 12.7. The maximum absolute atomic E-state index is 5.90. The second-order valence-corrected chi connectivity index (χ2v) is 6.18. The van der Waals surface area contributed by atoms with Crippen LogP contribution >= 0.6 is 0 Å². The van der Waals surface area contributed by atoms with E-state index in [1.165, 1.54) is 27.8 Å². The van der Waals surface area contributed by atoms with E-state index in [-0.39, 0.29) is 0 Å². The Bertz CT molecular complexity index is 623. The van der Waals surface area contributed by atoms with Gasteiger partial charge in [0.25, 0.3) is 0 Å². The number of ether oxygens (including phenoxy) is 1. The van der Waals surface area contributed by atoms with Crippen molar-refractivity contribution in [2.75, 3.05) is 6.61 Å². The summed E-state index contributed by atoms with van der Waals surface area (Å²) in [7, 11) is 0. The molecule has 0 saturated heterocycles. The first-order chi connectivity index (χ1) is 9.56. The number of hydrogen-bond acceptors (Lipinski definition) is 1. The maximum atomic E-state index is 5.90. The lowest BCUT2D eigenvalue weighted by Crippen LogP contribution is -2.04. The van der Waals surface area contributed by atoms with Crippen LogP contribution in [-0.4, -0.2) is 6.61 Å². The fourth-order valence-electron chi connectivity index (χ4n) is 3.14. The van der Waals surface area contributed by atoms with E-state index >= 15 is 0 Å². The molecule has 0 amide bonds. The summed E-state index contributed by atoms with van der Waals surface area (Å²) in [5.41, 5.74) is 6.74. The Balaban J connectivity index is 1.98. The summed E-state index contributed by atoms with van der Waals surface area (Å²) in [4.78, 5) is 0. The van der Waals surface area contributed by atoms with Gasteiger partial charge in [0.05, 0.1) is 6.61 Å². The highest BCUT2D eigenvalue weighted by molar-refractivity contribution is 5.52. The van der Waals surface area contributed by atoms with E-state index in [1.807, 2.05) is 0 Å². The van der Waals surface area contributed by atoms with Crippen LogP contribution in [0.4, 0.5) is 0 Å². The molecule has 20 heavy (non-hydrogen) atoms. The summed E-state index contributed by atoms with van der Waals surface area (Å²) in [6.45, 7) is 9.55. The molecule has 1 nitrogen and oxygen atoms in total. The largest absolute Gasteiger partial charge is 0.492 e. The molecule has 104 valence electrons. The van der Waals surface area contributed by atoms with Crippen molar-refractivity contribution in [3.05, 3.63) is 64.2 Å². The standard InChI is InChI=1S/C19H22O/c1-12(2)15-5-7-16(8-6-15)17-11-20-18-10-13(3)9-14(4)19(17)18/h5-10,12,17H,11H2,1-4H3/t17-/m1/s1.